The number of hydrogen-bond acceptors (Lipinski definition) is 3. The molecule has 0 aliphatic heterocycles. The molecule has 0 bridgehead atoms. The van der Waals surface area contributed by atoms with Crippen molar-refractivity contribution in [2.75, 3.05) is 19.5 Å². The molecule has 0 saturated heterocycles. The molecule has 0 aliphatic carbocycles. The molecule has 0 fully saturated rings. The van der Waals surface area contributed by atoms with Crippen molar-refractivity contribution in [1.82, 2.24) is 0 Å². The Bertz CT molecular complexity index is 543. The van der Waals surface area contributed by atoms with E-state index < -0.39 is 0 Å². The minimum absolute atomic E-state index is 0.637. The zero-order valence-corrected chi connectivity index (χ0v) is 11.0. The predicted octanol–water partition coefficient (Wildman–Crippen LogP) is 4.10. The third-order valence-corrected chi connectivity index (χ3v) is 2.77. The van der Waals surface area contributed by atoms with Crippen molar-refractivity contribution < 1.29 is 9.47 Å². The van der Waals surface area contributed by atoms with Crippen molar-refractivity contribution in [3.05, 3.63) is 47.5 Å². The van der Waals surface area contributed by atoms with Crippen LogP contribution >= 0.6 is 11.6 Å². The van der Waals surface area contributed by atoms with E-state index in [-0.39, 0.29) is 0 Å². The minimum atomic E-state index is 0.637. The van der Waals surface area contributed by atoms with Gasteiger partial charge in [0, 0.05) is 11.1 Å². The molecule has 2 aromatic carbocycles. The van der Waals surface area contributed by atoms with E-state index in [1.54, 1.807) is 20.3 Å². The van der Waals surface area contributed by atoms with Crippen LogP contribution in [-0.4, -0.2) is 14.2 Å². The van der Waals surface area contributed by atoms with Crippen molar-refractivity contribution in [3.63, 3.8) is 0 Å². The van der Waals surface area contributed by atoms with E-state index in [9.17, 15) is 0 Å². The quantitative estimate of drug-likeness (QED) is 0.901. The smallest absolute Gasteiger partial charge is 0.143 e. The van der Waals surface area contributed by atoms with Crippen LogP contribution in [0, 0.1) is 0 Å². The van der Waals surface area contributed by atoms with Crippen LogP contribution in [-0.2, 0) is 0 Å². The van der Waals surface area contributed by atoms with Gasteiger partial charge in [-0.05, 0) is 24.3 Å². The van der Waals surface area contributed by atoms with Gasteiger partial charge in [0.1, 0.15) is 11.5 Å². The maximum absolute atomic E-state index is 5.92. The van der Waals surface area contributed by atoms with E-state index in [0.717, 1.165) is 17.1 Å². The van der Waals surface area contributed by atoms with Crippen LogP contribution < -0.4 is 14.8 Å². The lowest BCUT2D eigenvalue weighted by molar-refractivity contribution is 0.414. The van der Waals surface area contributed by atoms with E-state index in [0.29, 0.717) is 10.8 Å². The minimum Gasteiger partial charge on any atom is -0.495 e. The lowest BCUT2D eigenvalue weighted by Crippen LogP contribution is -1.96. The Balaban J connectivity index is 2.33. The van der Waals surface area contributed by atoms with Crippen molar-refractivity contribution >= 4 is 23.0 Å². The summed E-state index contributed by atoms with van der Waals surface area (Å²) < 4.78 is 10.6. The Hall–Kier alpha value is -1.87. The summed E-state index contributed by atoms with van der Waals surface area (Å²) in [5, 5.41) is 3.90. The van der Waals surface area contributed by atoms with Gasteiger partial charge in [-0.15, -0.1) is 0 Å². The van der Waals surface area contributed by atoms with Gasteiger partial charge in [-0.3, -0.25) is 0 Å². The third-order valence-electron chi connectivity index (χ3n) is 2.54. The molecule has 94 valence electrons. The summed E-state index contributed by atoms with van der Waals surface area (Å²) >= 11 is 5.92. The molecule has 1 N–H and O–H groups in total. The fourth-order valence-electron chi connectivity index (χ4n) is 1.66. The lowest BCUT2D eigenvalue weighted by Gasteiger charge is -2.13. The Morgan fingerprint density at radius 3 is 2.28 bits per heavy atom. The van der Waals surface area contributed by atoms with Gasteiger partial charge in [0.05, 0.1) is 25.6 Å². The number of anilines is 2. The summed E-state index contributed by atoms with van der Waals surface area (Å²) in [7, 11) is 3.25. The molecule has 0 radical (unpaired) electrons. The van der Waals surface area contributed by atoms with Crippen LogP contribution in [0.5, 0.6) is 11.5 Å². The zero-order chi connectivity index (χ0) is 13.0. The highest BCUT2D eigenvalue weighted by Crippen LogP contribution is 2.33. The molecule has 0 spiro atoms. The standard InChI is InChI=1S/C14H14ClNO2/c1-17-13-6-4-3-5-11(13)16-12-8-7-10(15)9-14(12)18-2/h3-9,16H,1-2H3. The summed E-state index contributed by atoms with van der Waals surface area (Å²) in [5.74, 6) is 1.46. The molecule has 2 aromatic rings. The van der Waals surface area contributed by atoms with Crippen LogP contribution in [0.4, 0.5) is 11.4 Å². The number of ether oxygens (including phenoxy) is 2. The predicted molar refractivity (Wildman–Crippen MR) is 74.3 cm³/mol. The number of halogens is 1. The van der Waals surface area contributed by atoms with Crippen LogP contribution in [0.15, 0.2) is 42.5 Å². The number of methoxy groups -OCH3 is 2. The highest BCUT2D eigenvalue weighted by Gasteiger charge is 2.07. The number of benzene rings is 2. The van der Waals surface area contributed by atoms with E-state index in [2.05, 4.69) is 5.32 Å². The SMILES string of the molecule is COc1ccccc1Nc1ccc(Cl)cc1OC. The van der Waals surface area contributed by atoms with Crippen LogP contribution in [0.2, 0.25) is 5.02 Å². The van der Waals surface area contributed by atoms with Crippen LogP contribution in [0.3, 0.4) is 0 Å². The second-order valence-electron chi connectivity index (χ2n) is 3.67. The van der Waals surface area contributed by atoms with Gasteiger partial charge in [-0.2, -0.15) is 0 Å². The number of rotatable bonds is 4. The summed E-state index contributed by atoms with van der Waals surface area (Å²) in [4.78, 5) is 0. The second kappa shape index (κ2) is 5.65. The molecule has 0 aliphatic rings. The molecule has 0 amide bonds. The summed E-state index contributed by atoms with van der Waals surface area (Å²) in [6.45, 7) is 0. The molecule has 0 unspecified atom stereocenters. The molecule has 0 atom stereocenters. The number of nitrogens with one attached hydrogen (secondary N) is 1. The van der Waals surface area contributed by atoms with E-state index in [1.807, 2.05) is 36.4 Å². The zero-order valence-electron chi connectivity index (χ0n) is 10.2. The molecule has 3 nitrogen and oxygen atoms in total. The third kappa shape index (κ3) is 2.68. The average molecular weight is 264 g/mol. The fourth-order valence-corrected chi connectivity index (χ4v) is 1.82. The first kappa shape index (κ1) is 12.6. The first-order chi connectivity index (χ1) is 8.74. The Morgan fingerprint density at radius 2 is 1.56 bits per heavy atom. The van der Waals surface area contributed by atoms with E-state index >= 15 is 0 Å². The number of hydrogen-bond donors (Lipinski definition) is 1. The first-order valence-corrected chi connectivity index (χ1v) is 5.86. The summed E-state index contributed by atoms with van der Waals surface area (Å²) in [6, 6.07) is 13.1. The molecule has 0 saturated carbocycles. The normalized spacial score (nSPS) is 9.94. The summed E-state index contributed by atoms with van der Waals surface area (Å²) in [6.07, 6.45) is 0. The van der Waals surface area contributed by atoms with Gasteiger partial charge >= 0.3 is 0 Å². The highest BCUT2D eigenvalue weighted by molar-refractivity contribution is 6.30. The Labute approximate surface area is 111 Å². The van der Waals surface area contributed by atoms with Crippen LogP contribution in [0.1, 0.15) is 0 Å². The van der Waals surface area contributed by atoms with Gasteiger partial charge in [-0.1, -0.05) is 23.7 Å². The van der Waals surface area contributed by atoms with Gasteiger partial charge in [0.25, 0.3) is 0 Å². The average Bonchev–Trinajstić information content (AvgIpc) is 2.41. The highest BCUT2D eigenvalue weighted by atomic mass is 35.5. The monoisotopic (exact) mass is 263 g/mol. The van der Waals surface area contributed by atoms with E-state index in [1.165, 1.54) is 0 Å². The molecule has 4 heteroatoms. The van der Waals surface area contributed by atoms with Crippen molar-refractivity contribution in [1.29, 1.82) is 0 Å². The largest absolute Gasteiger partial charge is 0.495 e. The molecular weight excluding hydrogens is 250 g/mol. The van der Waals surface area contributed by atoms with Crippen LogP contribution in [0.25, 0.3) is 0 Å². The maximum Gasteiger partial charge on any atom is 0.143 e. The van der Waals surface area contributed by atoms with Gasteiger partial charge in [0.15, 0.2) is 0 Å². The Morgan fingerprint density at radius 1 is 0.889 bits per heavy atom. The summed E-state index contributed by atoms with van der Waals surface area (Å²) in [5.41, 5.74) is 1.71. The van der Waals surface area contributed by atoms with Crippen molar-refractivity contribution in [2.24, 2.45) is 0 Å². The first-order valence-electron chi connectivity index (χ1n) is 5.48. The van der Waals surface area contributed by atoms with E-state index in [4.69, 9.17) is 21.1 Å². The van der Waals surface area contributed by atoms with Crippen molar-refractivity contribution in [3.8, 4) is 11.5 Å². The van der Waals surface area contributed by atoms with Crippen molar-refractivity contribution in [2.45, 2.75) is 0 Å². The molecule has 2 rings (SSSR count). The Kier molecular flexibility index (Phi) is 3.95. The van der Waals surface area contributed by atoms with Gasteiger partial charge in [0.2, 0.25) is 0 Å². The fraction of sp³-hybridized carbons (Fsp3) is 0.143. The lowest BCUT2D eigenvalue weighted by atomic mass is 10.2. The maximum atomic E-state index is 5.92. The molecule has 0 heterocycles. The number of para-hydroxylation sites is 2. The van der Waals surface area contributed by atoms with Gasteiger partial charge in [-0.25, -0.2) is 0 Å². The van der Waals surface area contributed by atoms with Gasteiger partial charge < -0.3 is 14.8 Å². The molecule has 0 aromatic heterocycles. The molecule has 18 heavy (non-hydrogen) atoms. The molecular formula is C14H14ClNO2. The second-order valence-corrected chi connectivity index (χ2v) is 4.11. The topological polar surface area (TPSA) is 30.5 Å².